The minimum absolute atomic E-state index is 0.180. The standard InChI is InChI=1S/C11H21N3O6/c1-3-18-11(17)19-9-20-13-12-14(2)8-6-4-5-7-10(15)16/h3-9H2,1-2H3,(H,15,16). The smallest absolute Gasteiger partial charge is 0.481 e. The van der Waals surface area contributed by atoms with Crippen molar-refractivity contribution in [2.45, 2.75) is 32.6 Å². The number of unbranched alkanes of at least 4 members (excludes halogenated alkanes) is 2. The molecule has 9 nitrogen and oxygen atoms in total. The molecule has 0 aliphatic rings. The van der Waals surface area contributed by atoms with Crippen molar-refractivity contribution in [2.75, 3.05) is 27.0 Å². The van der Waals surface area contributed by atoms with Crippen LogP contribution >= 0.6 is 0 Å². The van der Waals surface area contributed by atoms with Gasteiger partial charge in [-0.1, -0.05) is 6.42 Å². The lowest BCUT2D eigenvalue weighted by Crippen LogP contribution is -2.12. The van der Waals surface area contributed by atoms with Gasteiger partial charge < -0.3 is 19.4 Å². The van der Waals surface area contributed by atoms with Crippen LogP contribution in [0.25, 0.3) is 0 Å². The Bertz CT molecular complexity index is 311. The van der Waals surface area contributed by atoms with Gasteiger partial charge in [0.15, 0.2) is 0 Å². The maximum absolute atomic E-state index is 10.7. The van der Waals surface area contributed by atoms with Crippen LogP contribution in [-0.2, 0) is 19.1 Å². The molecule has 0 aliphatic heterocycles. The highest BCUT2D eigenvalue weighted by Crippen LogP contribution is 2.01. The quantitative estimate of drug-likeness (QED) is 0.204. The van der Waals surface area contributed by atoms with E-state index >= 15 is 0 Å². The predicted octanol–water partition coefficient (Wildman–Crippen LogP) is 1.99. The largest absolute Gasteiger partial charge is 0.511 e. The lowest BCUT2D eigenvalue weighted by atomic mass is 10.2. The van der Waals surface area contributed by atoms with Crippen molar-refractivity contribution in [1.82, 2.24) is 5.01 Å². The van der Waals surface area contributed by atoms with Crippen LogP contribution in [0.5, 0.6) is 0 Å². The lowest BCUT2D eigenvalue weighted by molar-refractivity contribution is -0.137. The van der Waals surface area contributed by atoms with Gasteiger partial charge in [-0.25, -0.2) is 4.79 Å². The molecule has 0 aliphatic carbocycles. The Kier molecular flexibility index (Phi) is 10.8. The monoisotopic (exact) mass is 291 g/mol. The zero-order valence-electron chi connectivity index (χ0n) is 11.8. The zero-order chi connectivity index (χ0) is 15.2. The fourth-order valence-electron chi connectivity index (χ4n) is 1.18. The summed E-state index contributed by atoms with van der Waals surface area (Å²) in [4.78, 5) is 25.6. The van der Waals surface area contributed by atoms with Crippen LogP contribution in [0, 0.1) is 0 Å². The zero-order valence-corrected chi connectivity index (χ0v) is 11.8. The third kappa shape index (κ3) is 12.4. The Labute approximate surface area is 117 Å². The highest BCUT2D eigenvalue weighted by atomic mass is 16.8. The summed E-state index contributed by atoms with van der Waals surface area (Å²) >= 11 is 0. The molecule has 0 fully saturated rings. The van der Waals surface area contributed by atoms with Gasteiger partial charge in [0.1, 0.15) is 0 Å². The number of carboxylic acids is 1. The van der Waals surface area contributed by atoms with Gasteiger partial charge in [-0.3, -0.25) is 9.80 Å². The summed E-state index contributed by atoms with van der Waals surface area (Å²) in [6, 6.07) is 0. The van der Waals surface area contributed by atoms with Crippen LogP contribution < -0.4 is 0 Å². The average Bonchev–Trinajstić information content (AvgIpc) is 2.38. The average molecular weight is 291 g/mol. The van der Waals surface area contributed by atoms with Gasteiger partial charge in [-0.05, 0) is 25.0 Å². The van der Waals surface area contributed by atoms with Crippen molar-refractivity contribution in [3.05, 3.63) is 0 Å². The number of ether oxygens (including phenoxy) is 2. The molecule has 0 aromatic rings. The van der Waals surface area contributed by atoms with Crippen LogP contribution in [-0.4, -0.2) is 49.2 Å². The molecule has 0 aromatic carbocycles. The lowest BCUT2D eigenvalue weighted by Gasteiger charge is -2.09. The number of nitrogens with zero attached hydrogens (tertiary/aromatic N) is 3. The van der Waals surface area contributed by atoms with E-state index in [9.17, 15) is 9.59 Å². The molecule has 0 heterocycles. The Morgan fingerprint density at radius 3 is 2.60 bits per heavy atom. The second-order valence-corrected chi connectivity index (χ2v) is 3.83. The third-order valence-electron chi connectivity index (χ3n) is 2.11. The van der Waals surface area contributed by atoms with Crippen molar-refractivity contribution >= 4 is 12.1 Å². The first-order valence-electron chi connectivity index (χ1n) is 6.31. The number of aliphatic carboxylic acids is 1. The van der Waals surface area contributed by atoms with E-state index in [2.05, 4.69) is 24.8 Å². The molecule has 0 spiro atoms. The maximum Gasteiger partial charge on any atom is 0.511 e. The van der Waals surface area contributed by atoms with Gasteiger partial charge in [0.2, 0.25) is 0 Å². The molecule has 20 heavy (non-hydrogen) atoms. The Balaban J connectivity index is 3.46. The molecule has 0 amide bonds. The molecule has 1 N–H and O–H groups in total. The highest BCUT2D eigenvalue weighted by Gasteiger charge is 2.01. The molecular formula is C11H21N3O6. The fraction of sp³-hybridized carbons (Fsp3) is 0.818. The summed E-state index contributed by atoms with van der Waals surface area (Å²) in [5.74, 6) is -0.784. The molecule has 0 rings (SSSR count). The van der Waals surface area contributed by atoms with E-state index < -0.39 is 12.1 Å². The summed E-state index contributed by atoms with van der Waals surface area (Å²) < 4.78 is 8.99. The Morgan fingerprint density at radius 2 is 1.95 bits per heavy atom. The molecule has 0 bridgehead atoms. The van der Waals surface area contributed by atoms with Crippen molar-refractivity contribution in [3.63, 3.8) is 0 Å². The van der Waals surface area contributed by atoms with Gasteiger partial charge in [0.05, 0.1) is 6.61 Å². The maximum atomic E-state index is 10.7. The molecule has 0 saturated carbocycles. The molecule has 0 aromatic heterocycles. The number of hydrogen-bond donors (Lipinski definition) is 1. The molecule has 0 unspecified atom stereocenters. The summed E-state index contributed by atoms with van der Waals surface area (Å²) in [6.45, 7) is 2.15. The number of carboxylic acid groups (broad SMARTS) is 1. The predicted molar refractivity (Wildman–Crippen MR) is 67.6 cm³/mol. The van der Waals surface area contributed by atoms with E-state index in [4.69, 9.17) is 5.11 Å². The first-order valence-corrected chi connectivity index (χ1v) is 6.31. The third-order valence-corrected chi connectivity index (χ3v) is 2.11. The summed E-state index contributed by atoms with van der Waals surface area (Å²) in [5.41, 5.74) is 0. The molecule has 0 atom stereocenters. The van der Waals surface area contributed by atoms with Gasteiger partial charge in [-0.15, -0.1) is 0 Å². The minimum Gasteiger partial charge on any atom is -0.481 e. The number of carbonyl (C=O) groups excluding carboxylic acids is 1. The summed E-state index contributed by atoms with van der Waals surface area (Å²) in [7, 11) is 1.70. The molecule has 9 heteroatoms. The van der Waals surface area contributed by atoms with E-state index in [0.717, 1.165) is 12.8 Å². The fourth-order valence-corrected chi connectivity index (χ4v) is 1.18. The van der Waals surface area contributed by atoms with Crippen molar-refractivity contribution in [1.29, 1.82) is 0 Å². The van der Waals surface area contributed by atoms with Crippen LogP contribution in [0.15, 0.2) is 10.5 Å². The van der Waals surface area contributed by atoms with E-state index in [1.54, 1.807) is 19.0 Å². The second kappa shape index (κ2) is 12.0. The Morgan fingerprint density at radius 1 is 1.20 bits per heavy atom. The Hall–Kier alpha value is -2.06. The van der Waals surface area contributed by atoms with E-state index in [1.807, 2.05) is 0 Å². The topological polar surface area (TPSA) is 110 Å². The minimum atomic E-state index is -0.825. The molecule has 0 radical (unpaired) electrons. The van der Waals surface area contributed by atoms with E-state index in [0.29, 0.717) is 13.0 Å². The van der Waals surface area contributed by atoms with Crippen molar-refractivity contribution < 1.29 is 29.0 Å². The summed E-state index contributed by atoms with van der Waals surface area (Å²) in [5, 5.41) is 17.0. The molecule has 116 valence electrons. The second-order valence-electron chi connectivity index (χ2n) is 3.83. The van der Waals surface area contributed by atoms with Crippen LogP contribution in [0.2, 0.25) is 0 Å². The van der Waals surface area contributed by atoms with Gasteiger partial charge >= 0.3 is 12.1 Å². The highest BCUT2D eigenvalue weighted by molar-refractivity contribution is 5.66. The first-order chi connectivity index (χ1) is 9.56. The SMILES string of the molecule is CCOC(=O)OCON=NN(C)CCCCCC(=O)O. The first kappa shape index (κ1) is 17.9. The van der Waals surface area contributed by atoms with Crippen LogP contribution in [0.1, 0.15) is 32.6 Å². The number of carbonyl (C=O) groups is 2. The molecular weight excluding hydrogens is 270 g/mol. The van der Waals surface area contributed by atoms with Gasteiger partial charge in [0, 0.05) is 25.3 Å². The van der Waals surface area contributed by atoms with Gasteiger partial charge in [0.25, 0.3) is 6.79 Å². The molecule has 0 saturated heterocycles. The number of hydrogen-bond acceptors (Lipinski definition) is 7. The van der Waals surface area contributed by atoms with Gasteiger partial charge in [-0.2, -0.15) is 0 Å². The van der Waals surface area contributed by atoms with Crippen LogP contribution in [0.4, 0.5) is 4.79 Å². The normalized spacial score (nSPS) is 10.3. The van der Waals surface area contributed by atoms with Crippen molar-refractivity contribution in [3.8, 4) is 0 Å². The van der Waals surface area contributed by atoms with E-state index in [-0.39, 0.29) is 19.8 Å². The van der Waals surface area contributed by atoms with E-state index in [1.165, 1.54) is 0 Å². The number of rotatable bonds is 11. The van der Waals surface area contributed by atoms with Crippen molar-refractivity contribution in [2.24, 2.45) is 10.5 Å². The van der Waals surface area contributed by atoms with Crippen LogP contribution in [0.3, 0.4) is 0 Å². The summed E-state index contributed by atoms with van der Waals surface area (Å²) in [6.07, 6.45) is 1.61.